The summed E-state index contributed by atoms with van der Waals surface area (Å²) >= 11 is 1.51. The SMILES string of the molecule is CCCCCCCCCCCC(=O)Nc1nnc(CCCCC)s1. The van der Waals surface area contributed by atoms with Crippen LogP contribution in [0.5, 0.6) is 0 Å². The number of nitrogens with zero attached hydrogens (tertiary/aromatic N) is 2. The van der Waals surface area contributed by atoms with Crippen molar-refractivity contribution >= 4 is 22.4 Å². The van der Waals surface area contributed by atoms with Crippen molar-refractivity contribution < 1.29 is 4.79 Å². The van der Waals surface area contributed by atoms with E-state index in [0.29, 0.717) is 11.6 Å². The van der Waals surface area contributed by atoms with E-state index in [9.17, 15) is 4.79 Å². The first kappa shape index (κ1) is 21.1. The van der Waals surface area contributed by atoms with E-state index < -0.39 is 0 Å². The Morgan fingerprint density at radius 3 is 2.08 bits per heavy atom. The molecule has 24 heavy (non-hydrogen) atoms. The molecule has 0 aliphatic carbocycles. The molecule has 0 aliphatic heterocycles. The lowest BCUT2D eigenvalue weighted by Gasteiger charge is -2.02. The van der Waals surface area contributed by atoms with Gasteiger partial charge in [0.15, 0.2) is 0 Å². The predicted octanol–water partition coefficient (Wildman–Crippen LogP) is 6.13. The normalized spacial score (nSPS) is 10.9. The lowest BCUT2D eigenvalue weighted by atomic mass is 10.1. The van der Waals surface area contributed by atoms with Crippen molar-refractivity contribution in [2.45, 2.75) is 104 Å². The molecule has 138 valence electrons. The Bertz CT molecular complexity index is 434. The van der Waals surface area contributed by atoms with Crippen LogP contribution in [0.1, 0.15) is 102 Å². The number of aromatic nitrogens is 2. The minimum Gasteiger partial charge on any atom is -0.301 e. The zero-order valence-electron chi connectivity index (χ0n) is 15.6. The zero-order valence-corrected chi connectivity index (χ0v) is 16.4. The number of carbonyl (C=O) groups excluding carboxylic acids is 1. The minimum absolute atomic E-state index is 0.0780. The van der Waals surface area contributed by atoms with Crippen molar-refractivity contribution in [1.82, 2.24) is 10.2 Å². The Balaban J connectivity index is 2.01. The van der Waals surface area contributed by atoms with Crippen LogP contribution in [0.4, 0.5) is 5.13 Å². The van der Waals surface area contributed by atoms with Crippen LogP contribution in [0.15, 0.2) is 0 Å². The highest BCUT2D eigenvalue weighted by Gasteiger charge is 2.07. The zero-order chi connectivity index (χ0) is 17.5. The molecule has 0 fully saturated rings. The molecule has 0 atom stereocenters. The van der Waals surface area contributed by atoms with E-state index >= 15 is 0 Å². The number of amides is 1. The van der Waals surface area contributed by atoms with Gasteiger partial charge in [-0.15, -0.1) is 10.2 Å². The van der Waals surface area contributed by atoms with Crippen molar-refractivity contribution in [3.63, 3.8) is 0 Å². The highest BCUT2D eigenvalue weighted by molar-refractivity contribution is 7.15. The fraction of sp³-hybridized carbons (Fsp3) is 0.842. The number of carbonyl (C=O) groups is 1. The number of aryl methyl sites for hydroxylation is 1. The Kier molecular flexibility index (Phi) is 12.6. The van der Waals surface area contributed by atoms with Crippen molar-refractivity contribution in [3.8, 4) is 0 Å². The maximum absolute atomic E-state index is 11.9. The Labute approximate surface area is 151 Å². The van der Waals surface area contributed by atoms with Gasteiger partial charge in [0.25, 0.3) is 0 Å². The van der Waals surface area contributed by atoms with Crippen LogP contribution in [-0.4, -0.2) is 16.1 Å². The van der Waals surface area contributed by atoms with Gasteiger partial charge in [-0.3, -0.25) is 4.79 Å². The van der Waals surface area contributed by atoms with Crippen LogP contribution in [0.3, 0.4) is 0 Å². The Morgan fingerprint density at radius 1 is 0.833 bits per heavy atom. The highest BCUT2D eigenvalue weighted by Crippen LogP contribution is 2.18. The average molecular weight is 354 g/mol. The largest absolute Gasteiger partial charge is 0.301 e. The molecule has 1 N–H and O–H groups in total. The lowest BCUT2D eigenvalue weighted by Crippen LogP contribution is -2.10. The Morgan fingerprint density at radius 2 is 1.42 bits per heavy atom. The van der Waals surface area contributed by atoms with Gasteiger partial charge in [-0.05, 0) is 12.8 Å². The fourth-order valence-corrected chi connectivity index (χ4v) is 3.51. The molecule has 0 unspecified atom stereocenters. The fourth-order valence-electron chi connectivity index (χ4n) is 2.71. The quantitative estimate of drug-likeness (QED) is 0.386. The summed E-state index contributed by atoms with van der Waals surface area (Å²) in [5.41, 5.74) is 0. The summed E-state index contributed by atoms with van der Waals surface area (Å²) in [4.78, 5) is 11.9. The number of hydrogen-bond acceptors (Lipinski definition) is 4. The number of hydrogen-bond donors (Lipinski definition) is 1. The molecule has 0 aliphatic rings. The molecule has 1 rings (SSSR count). The summed E-state index contributed by atoms with van der Waals surface area (Å²) in [5.74, 6) is 0.0780. The molecule has 0 saturated carbocycles. The van der Waals surface area contributed by atoms with Crippen LogP contribution in [-0.2, 0) is 11.2 Å². The molecule has 0 bridgehead atoms. The van der Waals surface area contributed by atoms with E-state index in [1.165, 1.54) is 69.1 Å². The first-order valence-electron chi connectivity index (χ1n) is 9.88. The summed E-state index contributed by atoms with van der Waals surface area (Å²) in [6.07, 6.45) is 16.6. The van der Waals surface area contributed by atoms with Crippen molar-refractivity contribution in [2.24, 2.45) is 0 Å². The van der Waals surface area contributed by atoms with Gasteiger partial charge < -0.3 is 5.32 Å². The molecular formula is C19H35N3OS. The van der Waals surface area contributed by atoms with Gasteiger partial charge in [-0.2, -0.15) is 0 Å². The van der Waals surface area contributed by atoms with Crippen LogP contribution in [0.25, 0.3) is 0 Å². The van der Waals surface area contributed by atoms with Crippen LogP contribution in [0.2, 0.25) is 0 Å². The maximum Gasteiger partial charge on any atom is 0.226 e. The second-order valence-electron chi connectivity index (χ2n) is 6.58. The maximum atomic E-state index is 11.9. The second-order valence-corrected chi connectivity index (χ2v) is 7.65. The van der Waals surface area contributed by atoms with Crippen molar-refractivity contribution in [3.05, 3.63) is 5.01 Å². The third kappa shape index (κ3) is 10.7. The standard InChI is InChI=1S/C19H35N3OS/c1-3-5-7-8-9-10-11-12-14-15-17(23)20-19-22-21-18(24-19)16-13-6-4-2/h3-16H2,1-2H3,(H,20,22,23). The summed E-state index contributed by atoms with van der Waals surface area (Å²) in [5, 5.41) is 12.8. The van der Waals surface area contributed by atoms with Crippen molar-refractivity contribution in [1.29, 1.82) is 0 Å². The van der Waals surface area contributed by atoms with E-state index in [0.717, 1.165) is 30.7 Å². The van der Waals surface area contributed by atoms with Gasteiger partial charge in [0.2, 0.25) is 11.0 Å². The van der Waals surface area contributed by atoms with Crippen LogP contribution >= 0.6 is 11.3 Å². The van der Waals surface area contributed by atoms with E-state index in [1.807, 2.05) is 0 Å². The van der Waals surface area contributed by atoms with Gasteiger partial charge in [-0.1, -0.05) is 89.4 Å². The van der Waals surface area contributed by atoms with Gasteiger partial charge in [0.1, 0.15) is 5.01 Å². The molecule has 0 spiro atoms. The van der Waals surface area contributed by atoms with Gasteiger partial charge in [0, 0.05) is 12.8 Å². The third-order valence-electron chi connectivity index (χ3n) is 4.21. The summed E-state index contributed by atoms with van der Waals surface area (Å²) in [6.45, 7) is 4.44. The van der Waals surface area contributed by atoms with Crippen molar-refractivity contribution in [2.75, 3.05) is 5.32 Å². The number of anilines is 1. The Hall–Kier alpha value is -0.970. The van der Waals surface area contributed by atoms with E-state index in [1.54, 1.807) is 0 Å². The molecule has 1 amide bonds. The molecule has 4 nitrogen and oxygen atoms in total. The van der Waals surface area contributed by atoms with E-state index in [-0.39, 0.29) is 5.91 Å². The first-order chi connectivity index (χ1) is 11.8. The van der Waals surface area contributed by atoms with Gasteiger partial charge in [0.05, 0.1) is 0 Å². The van der Waals surface area contributed by atoms with Gasteiger partial charge in [-0.25, -0.2) is 0 Å². The average Bonchev–Trinajstić information content (AvgIpc) is 3.01. The van der Waals surface area contributed by atoms with E-state index in [2.05, 4.69) is 29.4 Å². The molecule has 1 aromatic rings. The molecule has 1 aromatic heterocycles. The minimum atomic E-state index is 0.0780. The van der Waals surface area contributed by atoms with E-state index in [4.69, 9.17) is 0 Å². The lowest BCUT2D eigenvalue weighted by molar-refractivity contribution is -0.116. The smallest absolute Gasteiger partial charge is 0.226 e. The molecule has 0 saturated heterocycles. The van der Waals surface area contributed by atoms with Gasteiger partial charge >= 0.3 is 0 Å². The number of nitrogens with one attached hydrogen (secondary N) is 1. The summed E-state index contributed by atoms with van der Waals surface area (Å²) < 4.78 is 0. The van der Waals surface area contributed by atoms with Crippen LogP contribution < -0.4 is 5.32 Å². The molecular weight excluding hydrogens is 318 g/mol. The topological polar surface area (TPSA) is 54.9 Å². The molecule has 0 aromatic carbocycles. The summed E-state index contributed by atoms with van der Waals surface area (Å²) in [7, 11) is 0. The molecule has 0 radical (unpaired) electrons. The molecule has 5 heteroatoms. The number of unbranched alkanes of at least 4 members (excludes halogenated alkanes) is 10. The third-order valence-corrected chi connectivity index (χ3v) is 5.11. The highest BCUT2D eigenvalue weighted by atomic mass is 32.1. The predicted molar refractivity (Wildman–Crippen MR) is 104 cm³/mol. The first-order valence-corrected chi connectivity index (χ1v) is 10.7. The van der Waals surface area contributed by atoms with Crippen LogP contribution in [0, 0.1) is 0 Å². The monoisotopic (exact) mass is 353 g/mol. The summed E-state index contributed by atoms with van der Waals surface area (Å²) in [6, 6.07) is 0. The number of rotatable bonds is 15. The molecule has 1 heterocycles. The second kappa shape index (κ2) is 14.4.